The van der Waals surface area contributed by atoms with Crippen molar-refractivity contribution in [1.29, 1.82) is 0 Å². The minimum absolute atomic E-state index is 0.0173. The van der Waals surface area contributed by atoms with Gasteiger partial charge in [0, 0.05) is 43.4 Å². The number of thiazole rings is 1. The first kappa shape index (κ1) is 28.5. The maximum absolute atomic E-state index is 12.9. The molecule has 0 aromatic carbocycles. The number of carbonyl (C=O) groups excluding carboxylic acids is 1. The SMILES string of the molecule is COC1CCC(c2csc(C(CC3CCC(NS(=O)(=O)O)CC3)NC(=O)C(C)(C)C)n2)C(OC)C1. The molecular formula is C24H41N3O6S2. The molecule has 0 bridgehead atoms. The van der Waals surface area contributed by atoms with Crippen LogP contribution in [0.4, 0.5) is 0 Å². The molecule has 2 aliphatic rings. The summed E-state index contributed by atoms with van der Waals surface area (Å²) in [6.45, 7) is 5.70. The first-order valence-corrected chi connectivity index (χ1v) is 14.8. The van der Waals surface area contributed by atoms with Gasteiger partial charge in [-0.2, -0.15) is 13.1 Å². The number of amides is 1. The number of rotatable bonds is 9. The van der Waals surface area contributed by atoms with Crippen LogP contribution in [-0.4, -0.2) is 56.3 Å². The number of carbonyl (C=O) groups is 1. The van der Waals surface area contributed by atoms with Crippen molar-refractivity contribution < 1.29 is 27.2 Å². The molecule has 0 aliphatic heterocycles. The fourth-order valence-corrected chi connectivity index (χ4v) is 6.80. The molecular weight excluding hydrogens is 490 g/mol. The van der Waals surface area contributed by atoms with Crippen LogP contribution < -0.4 is 10.0 Å². The number of nitrogens with one attached hydrogen (secondary N) is 2. The lowest BCUT2D eigenvalue weighted by atomic mass is 9.82. The third-order valence-electron chi connectivity index (χ3n) is 7.32. The van der Waals surface area contributed by atoms with E-state index in [4.69, 9.17) is 19.0 Å². The number of hydrogen-bond acceptors (Lipinski definition) is 7. The van der Waals surface area contributed by atoms with E-state index >= 15 is 0 Å². The molecule has 4 unspecified atom stereocenters. The van der Waals surface area contributed by atoms with E-state index in [-0.39, 0.29) is 36.1 Å². The van der Waals surface area contributed by atoms with Gasteiger partial charge in [0.15, 0.2) is 0 Å². The van der Waals surface area contributed by atoms with Crippen molar-refractivity contribution in [2.75, 3.05) is 14.2 Å². The molecule has 1 amide bonds. The zero-order valence-electron chi connectivity index (χ0n) is 21.5. The lowest BCUT2D eigenvalue weighted by Crippen LogP contribution is -2.40. The van der Waals surface area contributed by atoms with Gasteiger partial charge in [-0.1, -0.05) is 20.8 Å². The summed E-state index contributed by atoms with van der Waals surface area (Å²) in [7, 11) is -0.711. The van der Waals surface area contributed by atoms with E-state index < -0.39 is 15.7 Å². The Labute approximate surface area is 213 Å². The number of methoxy groups -OCH3 is 2. The van der Waals surface area contributed by atoms with Crippen molar-refractivity contribution >= 4 is 27.5 Å². The van der Waals surface area contributed by atoms with Crippen LogP contribution in [0.25, 0.3) is 0 Å². The van der Waals surface area contributed by atoms with Gasteiger partial charge in [-0.25, -0.2) is 4.98 Å². The van der Waals surface area contributed by atoms with Gasteiger partial charge < -0.3 is 14.8 Å². The second-order valence-corrected chi connectivity index (χ2v) is 13.1. The second kappa shape index (κ2) is 12.0. The van der Waals surface area contributed by atoms with Gasteiger partial charge in [0.2, 0.25) is 5.91 Å². The molecule has 35 heavy (non-hydrogen) atoms. The van der Waals surface area contributed by atoms with Crippen LogP contribution in [-0.2, 0) is 24.6 Å². The topological polar surface area (TPSA) is 127 Å². The van der Waals surface area contributed by atoms with Gasteiger partial charge in [0.05, 0.1) is 23.9 Å². The number of ether oxygens (including phenoxy) is 2. The molecule has 2 saturated carbocycles. The van der Waals surface area contributed by atoms with Crippen molar-refractivity contribution in [1.82, 2.24) is 15.0 Å². The summed E-state index contributed by atoms with van der Waals surface area (Å²) in [5, 5.41) is 6.24. The molecule has 2 fully saturated rings. The smallest absolute Gasteiger partial charge is 0.333 e. The lowest BCUT2D eigenvalue weighted by molar-refractivity contribution is -0.129. The van der Waals surface area contributed by atoms with Gasteiger partial charge in [0.1, 0.15) is 5.01 Å². The Morgan fingerprint density at radius 3 is 2.43 bits per heavy atom. The van der Waals surface area contributed by atoms with E-state index in [2.05, 4.69) is 15.4 Å². The highest BCUT2D eigenvalue weighted by molar-refractivity contribution is 7.83. The van der Waals surface area contributed by atoms with Gasteiger partial charge in [0.25, 0.3) is 0 Å². The normalized spacial score (nSPS) is 29.0. The number of nitrogens with zero attached hydrogens (tertiary/aromatic N) is 1. The molecule has 200 valence electrons. The summed E-state index contributed by atoms with van der Waals surface area (Å²) in [6.07, 6.45) is 6.73. The Morgan fingerprint density at radius 1 is 1.17 bits per heavy atom. The molecule has 1 heterocycles. The van der Waals surface area contributed by atoms with Crippen molar-refractivity contribution in [3.05, 3.63) is 16.1 Å². The second-order valence-electron chi connectivity index (χ2n) is 11.0. The van der Waals surface area contributed by atoms with Crippen LogP contribution in [0.1, 0.15) is 94.8 Å². The van der Waals surface area contributed by atoms with Crippen LogP contribution >= 0.6 is 11.3 Å². The van der Waals surface area contributed by atoms with Crippen LogP contribution in [0.2, 0.25) is 0 Å². The predicted molar refractivity (Wildman–Crippen MR) is 136 cm³/mol. The summed E-state index contributed by atoms with van der Waals surface area (Å²) >= 11 is 1.58. The number of hydrogen-bond donors (Lipinski definition) is 3. The maximum Gasteiger partial charge on any atom is 0.333 e. The first-order chi connectivity index (χ1) is 16.4. The monoisotopic (exact) mass is 531 g/mol. The zero-order chi connectivity index (χ0) is 25.8. The lowest BCUT2D eigenvalue weighted by Gasteiger charge is -2.34. The summed E-state index contributed by atoms with van der Waals surface area (Å²) in [4.78, 5) is 17.9. The largest absolute Gasteiger partial charge is 0.381 e. The fourth-order valence-electron chi connectivity index (χ4n) is 5.19. The highest BCUT2D eigenvalue weighted by Crippen LogP contribution is 2.39. The number of aromatic nitrogens is 1. The van der Waals surface area contributed by atoms with Crippen LogP contribution in [0.3, 0.4) is 0 Å². The summed E-state index contributed by atoms with van der Waals surface area (Å²) in [6, 6.07) is -0.448. The van der Waals surface area contributed by atoms with Crippen molar-refractivity contribution in [2.45, 2.75) is 102 Å². The van der Waals surface area contributed by atoms with E-state index in [1.807, 2.05) is 20.8 Å². The maximum atomic E-state index is 12.9. The third kappa shape index (κ3) is 8.19. The molecule has 2 aliphatic carbocycles. The van der Waals surface area contributed by atoms with Gasteiger partial charge >= 0.3 is 10.3 Å². The molecule has 4 atom stereocenters. The molecule has 11 heteroatoms. The average molecular weight is 532 g/mol. The van der Waals surface area contributed by atoms with Crippen molar-refractivity contribution in [3.63, 3.8) is 0 Å². The minimum atomic E-state index is -4.19. The summed E-state index contributed by atoms with van der Waals surface area (Å²) in [5.74, 6) is 0.518. The average Bonchev–Trinajstić information content (AvgIpc) is 3.27. The molecule has 0 radical (unpaired) electrons. The highest BCUT2D eigenvalue weighted by Gasteiger charge is 2.35. The Morgan fingerprint density at radius 2 is 1.86 bits per heavy atom. The van der Waals surface area contributed by atoms with E-state index in [9.17, 15) is 13.2 Å². The van der Waals surface area contributed by atoms with E-state index in [1.54, 1.807) is 25.6 Å². The minimum Gasteiger partial charge on any atom is -0.381 e. The fraction of sp³-hybridized carbons (Fsp3) is 0.833. The molecule has 0 saturated heterocycles. The van der Waals surface area contributed by atoms with Crippen LogP contribution in [0, 0.1) is 11.3 Å². The Hall–Kier alpha value is -1.11. The summed E-state index contributed by atoms with van der Waals surface area (Å²) in [5.41, 5.74) is 0.497. The summed E-state index contributed by atoms with van der Waals surface area (Å²) < 4.78 is 45.0. The zero-order valence-corrected chi connectivity index (χ0v) is 23.1. The Balaban J connectivity index is 1.72. The molecule has 3 N–H and O–H groups in total. The van der Waals surface area contributed by atoms with E-state index in [0.717, 1.165) is 49.2 Å². The highest BCUT2D eigenvalue weighted by atomic mass is 32.2. The third-order valence-corrected chi connectivity index (χ3v) is 8.92. The predicted octanol–water partition coefficient (Wildman–Crippen LogP) is 3.99. The van der Waals surface area contributed by atoms with Crippen molar-refractivity contribution in [2.24, 2.45) is 11.3 Å². The quantitative estimate of drug-likeness (QED) is 0.411. The van der Waals surface area contributed by atoms with E-state index in [1.165, 1.54) is 0 Å². The van der Waals surface area contributed by atoms with Crippen LogP contribution in [0.15, 0.2) is 5.38 Å². The van der Waals surface area contributed by atoms with Gasteiger partial charge in [-0.15, -0.1) is 11.3 Å². The standard InChI is InChI=1S/C24H41N3O6S2/c1-24(2,3)23(28)26-19(12-15-6-8-16(9-7-15)27-35(29,30)31)22-25-20(14-34-22)18-11-10-17(32-4)13-21(18)33-5/h14-19,21,27H,6-13H2,1-5H3,(H,26,28)(H,29,30,31). The van der Waals surface area contributed by atoms with Crippen LogP contribution in [0.5, 0.6) is 0 Å². The first-order valence-electron chi connectivity index (χ1n) is 12.5. The van der Waals surface area contributed by atoms with Gasteiger partial charge in [-0.05, 0) is 50.9 Å². The van der Waals surface area contributed by atoms with E-state index in [0.29, 0.717) is 18.8 Å². The Kier molecular flexibility index (Phi) is 9.72. The molecule has 3 rings (SSSR count). The molecule has 0 spiro atoms. The van der Waals surface area contributed by atoms with Gasteiger partial charge in [-0.3, -0.25) is 9.35 Å². The Bertz CT molecular complexity index is 937. The van der Waals surface area contributed by atoms with Crippen molar-refractivity contribution in [3.8, 4) is 0 Å². The molecule has 1 aromatic rings. The molecule has 9 nitrogen and oxygen atoms in total. The molecule has 1 aromatic heterocycles.